The smallest absolute Gasteiger partial charge is 0.306 e. The number of benzene rings is 1. The van der Waals surface area contributed by atoms with Crippen molar-refractivity contribution in [3.63, 3.8) is 0 Å². The summed E-state index contributed by atoms with van der Waals surface area (Å²) in [7, 11) is -1.85. The molecule has 1 N–H and O–H groups in total. The average molecular weight is 339 g/mol. The van der Waals surface area contributed by atoms with Crippen LogP contribution >= 0.6 is 0 Å². The highest BCUT2D eigenvalue weighted by Gasteiger charge is 2.34. The van der Waals surface area contributed by atoms with Gasteiger partial charge in [-0.25, -0.2) is 18.3 Å². The molecule has 2 amide bonds. The van der Waals surface area contributed by atoms with E-state index in [1.165, 1.54) is 21.5 Å². The van der Waals surface area contributed by atoms with Gasteiger partial charge < -0.3 is 5.32 Å². The number of amides is 2. The topological polar surface area (TPSA) is 79.0 Å². The quantitative estimate of drug-likeness (QED) is 0.910. The Labute approximate surface area is 136 Å². The van der Waals surface area contributed by atoms with E-state index in [0.29, 0.717) is 18.8 Å². The molecule has 126 valence electrons. The van der Waals surface area contributed by atoms with Crippen molar-refractivity contribution in [1.29, 1.82) is 0 Å². The molecule has 0 radical (unpaired) electrons. The molecule has 8 heteroatoms. The van der Waals surface area contributed by atoms with Gasteiger partial charge in [0.25, 0.3) is 0 Å². The number of rotatable bonds is 4. The number of hydroxylamine groups is 2. The lowest BCUT2D eigenvalue weighted by Crippen LogP contribution is -2.38. The van der Waals surface area contributed by atoms with Gasteiger partial charge in [-0.1, -0.05) is 0 Å². The molecule has 0 unspecified atom stereocenters. The average Bonchev–Trinajstić information content (AvgIpc) is 3.40. The molecule has 1 aromatic rings. The van der Waals surface area contributed by atoms with Gasteiger partial charge in [0.15, 0.2) is 0 Å². The number of nitrogens with one attached hydrogen (secondary N) is 1. The van der Waals surface area contributed by atoms with Crippen LogP contribution in [0.1, 0.15) is 25.7 Å². The van der Waals surface area contributed by atoms with Gasteiger partial charge in [-0.05, 0) is 49.9 Å². The first-order valence-electron chi connectivity index (χ1n) is 7.78. The van der Waals surface area contributed by atoms with E-state index in [2.05, 4.69) is 5.32 Å². The van der Waals surface area contributed by atoms with Crippen molar-refractivity contribution < 1.29 is 18.0 Å². The molecule has 1 aromatic carbocycles. The minimum atomic E-state index is -3.46. The number of carbonyl (C=O) groups excluding carboxylic acids is 1. The SMILES string of the molecule is CN(C1CC1)S(=O)(=O)c1ccc(NC(=O)N2CCCCO2)cc1. The van der Waals surface area contributed by atoms with Gasteiger partial charge in [0.2, 0.25) is 10.0 Å². The van der Waals surface area contributed by atoms with Crippen molar-refractivity contribution in [2.24, 2.45) is 0 Å². The second-order valence-corrected chi connectivity index (χ2v) is 7.85. The lowest BCUT2D eigenvalue weighted by atomic mass is 10.3. The van der Waals surface area contributed by atoms with Gasteiger partial charge in [0, 0.05) is 18.8 Å². The Bertz CT molecular complexity index is 664. The van der Waals surface area contributed by atoms with E-state index in [1.54, 1.807) is 19.2 Å². The van der Waals surface area contributed by atoms with Gasteiger partial charge in [-0.3, -0.25) is 4.84 Å². The number of sulfonamides is 1. The Kier molecular flexibility index (Phi) is 4.56. The maximum absolute atomic E-state index is 12.4. The summed E-state index contributed by atoms with van der Waals surface area (Å²) in [4.78, 5) is 17.5. The van der Waals surface area contributed by atoms with E-state index in [0.717, 1.165) is 25.7 Å². The Balaban J connectivity index is 1.65. The zero-order valence-corrected chi connectivity index (χ0v) is 13.9. The molecule has 0 bridgehead atoms. The van der Waals surface area contributed by atoms with Crippen LogP contribution in [-0.4, -0.2) is 50.1 Å². The number of hydrogen-bond acceptors (Lipinski definition) is 4. The number of anilines is 1. The first-order chi connectivity index (χ1) is 11.0. The highest BCUT2D eigenvalue weighted by atomic mass is 32.2. The van der Waals surface area contributed by atoms with Crippen LogP contribution in [0.4, 0.5) is 10.5 Å². The maximum atomic E-state index is 12.4. The van der Waals surface area contributed by atoms with E-state index in [4.69, 9.17) is 4.84 Å². The molecule has 1 aliphatic heterocycles. The largest absolute Gasteiger partial charge is 0.345 e. The lowest BCUT2D eigenvalue weighted by molar-refractivity contribution is -0.135. The highest BCUT2D eigenvalue weighted by molar-refractivity contribution is 7.89. The predicted molar refractivity (Wildman–Crippen MR) is 85.3 cm³/mol. The van der Waals surface area contributed by atoms with Gasteiger partial charge >= 0.3 is 6.03 Å². The Morgan fingerprint density at radius 1 is 1.26 bits per heavy atom. The van der Waals surface area contributed by atoms with Crippen molar-refractivity contribution in [3.05, 3.63) is 24.3 Å². The van der Waals surface area contributed by atoms with Crippen LogP contribution in [0.25, 0.3) is 0 Å². The van der Waals surface area contributed by atoms with E-state index in [9.17, 15) is 13.2 Å². The first-order valence-corrected chi connectivity index (χ1v) is 9.22. The minimum Gasteiger partial charge on any atom is -0.306 e. The third-order valence-corrected chi connectivity index (χ3v) is 6.00. The molecule has 2 fully saturated rings. The molecule has 3 rings (SSSR count). The van der Waals surface area contributed by atoms with E-state index in [-0.39, 0.29) is 17.0 Å². The van der Waals surface area contributed by atoms with Crippen molar-refractivity contribution >= 4 is 21.7 Å². The molecular formula is C15H21N3O4S. The summed E-state index contributed by atoms with van der Waals surface area (Å²) in [6.07, 6.45) is 3.70. The van der Waals surface area contributed by atoms with Crippen LogP contribution in [0.5, 0.6) is 0 Å². The van der Waals surface area contributed by atoms with Gasteiger partial charge in [-0.15, -0.1) is 0 Å². The summed E-state index contributed by atoms with van der Waals surface area (Å²) in [6, 6.07) is 6.00. The van der Waals surface area contributed by atoms with Crippen LogP contribution in [0.3, 0.4) is 0 Å². The molecule has 0 aromatic heterocycles. The summed E-state index contributed by atoms with van der Waals surface area (Å²) >= 11 is 0. The minimum absolute atomic E-state index is 0.121. The summed E-state index contributed by atoms with van der Waals surface area (Å²) in [5, 5.41) is 4.01. The fraction of sp³-hybridized carbons (Fsp3) is 0.533. The number of carbonyl (C=O) groups is 1. The summed E-state index contributed by atoms with van der Waals surface area (Å²) < 4.78 is 26.2. The molecule has 0 atom stereocenters. The van der Waals surface area contributed by atoms with Crippen LogP contribution in [0.2, 0.25) is 0 Å². The Morgan fingerprint density at radius 2 is 1.96 bits per heavy atom. The van der Waals surface area contributed by atoms with Crippen LogP contribution in [0.15, 0.2) is 29.2 Å². The lowest BCUT2D eigenvalue weighted by Gasteiger charge is -2.25. The number of nitrogens with zero attached hydrogens (tertiary/aromatic N) is 2. The van der Waals surface area contributed by atoms with Crippen molar-refractivity contribution in [2.45, 2.75) is 36.6 Å². The summed E-state index contributed by atoms with van der Waals surface area (Å²) in [6.45, 7) is 1.10. The Morgan fingerprint density at radius 3 is 2.52 bits per heavy atom. The van der Waals surface area contributed by atoms with Crippen molar-refractivity contribution in [3.8, 4) is 0 Å². The molecule has 0 spiro atoms. The standard InChI is InChI=1S/C15H21N3O4S/c1-17(13-6-7-13)23(20,21)14-8-4-12(5-9-14)16-15(19)18-10-2-3-11-22-18/h4-5,8-9,13H,2-3,6-7,10-11H2,1H3,(H,16,19). The second kappa shape index (κ2) is 6.46. The van der Waals surface area contributed by atoms with E-state index >= 15 is 0 Å². The van der Waals surface area contributed by atoms with E-state index < -0.39 is 10.0 Å². The normalized spacial score (nSPS) is 19.0. The monoisotopic (exact) mass is 339 g/mol. The Hall–Kier alpha value is -1.64. The second-order valence-electron chi connectivity index (χ2n) is 5.85. The zero-order valence-electron chi connectivity index (χ0n) is 13.1. The van der Waals surface area contributed by atoms with Crippen LogP contribution < -0.4 is 5.32 Å². The molecule has 2 aliphatic rings. The van der Waals surface area contributed by atoms with Crippen molar-refractivity contribution in [2.75, 3.05) is 25.5 Å². The van der Waals surface area contributed by atoms with Crippen molar-refractivity contribution in [1.82, 2.24) is 9.37 Å². The third-order valence-electron chi connectivity index (χ3n) is 4.07. The fourth-order valence-corrected chi connectivity index (χ4v) is 3.87. The molecule has 23 heavy (non-hydrogen) atoms. The maximum Gasteiger partial charge on any atom is 0.345 e. The third kappa shape index (κ3) is 3.65. The fourth-order valence-electron chi connectivity index (χ4n) is 2.45. The summed E-state index contributed by atoms with van der Waals surface area (Å²) in [5.74, 6) is 0. The van der Waals surface area contributed by atoms with Crippen LogP contribution in [0, 0.1) is 0 Å². The van der Waals surface area contributed by atoms with Gasteiger partial charge in [-0.2, -0.15) is 4.31 Å². The zero-order chi connectivity index (χ0) is 16.4. The molecule has 1 heterocycles. The predicted octanol–water partition coefficient (Wildman–Crippen LogP) is 2.03. The van der Waals surface area contributed by atoms with E-state index in [1.807, 2.05) is 0 Å². The molecule has 7 nitrogen and oxygen atoms in total. The molecular weight excluding hydrogens is 318 g/mol. The van der Waals surface area contributed by atoms with Gasteiger partial charge in [0.05, 0.1) is 18.0 Å². The van der Waals surface area contributed by atoms with Gasteiger partial charge in [0.1, 0.15) is 0 Å². The number of hydrogen-bond donors (Lipinski definition) is 1. The number of urea groups is 1. The highest BCUT2D eigenvalue weighted by Crippen LogP contribution is 2.30. The summed E-state index contributed by atoms with van der Waals surface area (Å²) in [5.41, 5.74) is 0.539. The van der Waals surface area contributed by atoms with Crippen LogP contribution in [-0.2, 0) is 14.9 Å². The first kappa shape index (κ1) is 16.2. The molecule has 1 saturated carbocycles. The molecule has 1 saturated heterocycles. The molecule has 1 aliphatic carbocycles.